The highest BCUT2D eigenvalue weighted by atomic mass is 16.3. The molecular weight excluding hydrogens is 216 g/mol. The van der Waals surface area contributed by atoms with Gasteiger partial charge in [-0.15, -0.1) is 0 Å². The van der Waals surface area contributed by atoms with Gasteiger partial charge in [0.15, 0.2) is 0 Å². The lowest BCUT2D eigenvalue weighted by Crippen LogP contribution is -2.37. The number of aliphatic hydroxyl groups excluding tert-OH is 1. The number of aliphatic hydroxyl groups is 1. The summed E-state index contributed by atoms with van der Waals surface area (Å²) in [4.78, 5) is 15.6. The maximum Gasteiger partial charge on any atom is 0.320 e. The molecule has 1 heterocycles. The van der Waals surface area contributed by atoms with Crippen LogP contribution >= 0.6 is 0 Å². The molecule has 0 aromatic rings. The Morgan fingerprint density at radius 1 is 1.18 bits per heavy atom. The summed E-state index contributed by atoms with van der Waals surface area (Å²) >= 11 is 0. The van der Waals surface area contributed by atoms with E-state index in [1.807, 2.05) is 11.8 Å². The summed E-state index contributed by atoms with van der Waals surface area (Å²) in [6.07, 6.45) is 5.12. The van der Waals surface area contributed by atoms with Gasteiger partial charge < -0.3 is 14.9 Å². The van der Waals surface area contributed by atoms with E-state index in [4.69, 9.17) is 0 Å². The first-order chi connectivity index (χ1) is 8.19. The lowest BCUT2D eigenvalue weighted by molar-refractivity contribution is 0.124. The van der Waals surface area contributed by atoms with Crippen molar-refractivity contribution in [1.29, 1.82) is 0 Å². The summed E-state index contributed by atoms with van der Waals surface area (Å²) in [5, 5.41) is 9.56. The Morgan fingerprint density at radius 3 is 2.53 bits per heavy atom. The van der Waals surface area contributed by atoms with Crippen LogP contribution < -0.4 is 0 Å². The standard InChI is InChI=1S/C13H26N2O2/c1-3-5-6-7-8-14-9-10-15(13(14)17)11-12(16)4-2/h12,16H,3-11H2,1-2H3. The van der Waals surface area contributed by atoms with E-state index in [9.17, 15) is 9.90 Å². The zero-order valence-corrected chi connectivity index (χ0v) is 11.2. The molecule has 4 heteroatoms. The van der Waals surface area contributed by atoms with Gasteiger partial charge in [0.1, 0.15) is 0 Å². The van der Waals surface area contributed by atoms with Crippen molar-refractivity contribution >= 4 is 6.03 Å². The van der Waals surface area contributed by atoms with E-state index in [2.05, 4.69) is 6.92 Å². The minimum atomic E-state index is -0.376. The summed E-state index contributed by atoms with van der Waals surface area (Å²) in [6.45, 7) is 7.08. The minimum Gasteiger partial charge on any atom is -0.391 e. The smallest absolute Gasteiger partial charge is 0.320 e. The van der Waals surface area contributed by atoms with Crippen molar-refractivity contribution in [2.75, 3.05) is 26.2 Å². The van der Waals surface area contributed by atoms with Gasteiger partial charge in [0.2, 0.25) is 0 Å². The van der Waals surface area contributed by atoms with Crippen molar-refractivity contribution in [3.05, 3.63) is 0 Å². The number of urea groups is 1. The molecule has 1 unspecified atom stereocenters. The minimum absolute atomic E-state index is 0.106. The second-order valence-corrected chi connectivity index (χ2v) is 4.84. The fourth-order valence-corrected chi connectivity index (χ4v) is 2.12. The predicted octanol–water partition coefficient (Wildman–Crippen LogP) is 2.08. The highest BCUT2D eigenvalue weighted by Gasteiger charge is 2.28. The molecule has 0 aromatic heterocycles. The average Bonchev–Trinajstić information content (AvgIpc) is 2.67. The van der Waals surface area contributed by atoms with Crippen LogP contribution in [-0.4, -0.2) is 53.2 Å². The summed E-state index contributed by atoms with van der Waals surface area (Å²) < 4.78 is 0. The van der Waals surface area contributed by atoms with E-state index in [0.29, 0.717) is 13.0 Å². The Balaban J connectivity index is 2.24. The fraction of sp³-hybridized carbons (Fsp3) is 0.923. The molecule has 1 rings (SSSR count). The number of carbonyl (C=O) groups is 1. The number of hydrogen-bond acceptors (Lipinski definition) is 2. The van der Waals surface area contributed by atoms with E-state index in [1.165, 1.54) is 19.3 Å². The van der Waals surface area contributed by atoms with Crippen LogP contribution in [-0.2, 0) is 0 Å². The van der Waals surface area contributed by atoms with Crippen LogP contribution in [0.4, 0.5) is 4.79 Å². The fourth-order valence-electron chi connectivity index (χ4n) is 2.12. The van der Waals surface area contributed by atoms with E-state index in [0.717, 1.165) is 26.1 Å². The van der Waals surface area contributed by atoms with Crippen molar-refractivity contribution in [2.24, 2.45) is 0 Å². The Hall–Kier alpha value is -0.770. The van der Waals surface area contributed by atoms with Gasteiger partial charge in [-0.05, 0) is 12.8 Å². The van der Waals surface area contributed by atoms with Gasteiger partial charge in [-0.25, -0.2) is 4.79 Å². The predicted molar refractivity (Wildman–Crippen MR) is 69.0 cm³/mol. The van der Waals surface area contributed by atoms with E-state index < -0.39 is 0 Å². The van der Waals surface area contributed by atoms with Crippen molar-refractivity contribution in [3.8, 4) is 0 Å². The molecule has 1 saturated heterocycles. The molecular formula is C13H26N2O2. The zero-order valence-electron chi connectivity index (χ0n) is 11.2. The van der Waals surface area contributed by atoms with Crippen molar-refractivity contribution < 1.29 is 9.90 Å². The number of nitrogens with zero attached hydrogens (tertiary/aromatic N) is 2. The van der Waals surface area contributed by atoms with Crippen LogP contribution in [0.15, 0.2) is 0 Å². The van der Waals surface area contributed by atoms with Crippen LogP contribution in [0.5, 0.6) is 0 Å². The number of rotatable bonds is 8. The summed E-state index contributed by atoms with van der Waals surface area (Å²) in [5.41, 5.74) is 0. The third-order valence-electron chi connectivity index (χ3n) is 3.36. The Morgan fingerprint density at radius 2 is 1.88 bits per heavy atom. The van der Waals surface area contributed by atoms with Crippen molar-refractivity contribution in [3.63, 3.8) is 0 Å². The maximum absolute atomic E-state index is 12.0. The van der Waals surface area contributed by atoms with Crippen LogP contribution in [0.1, 0.15) is 46.0 Å². The first-order valence-electron chi connectivity index (χ1n) is 6.91. The van der Waals surface area contributed by atoms with Crippen molar-refractivity contribution in [1.82, 2.24) is 9.80 Å². The molecule has 0 aromatic carbocycles. The van der Waals surface area contributed by atoms with Crippen LogP contribution in [0, 0.1) is 0 Å². The number of hydrogen-bond donors (Lipinski definition) is 1. The molecule has 100 valence electrons. The molecule has 0 bridgehead atoms. The third-order valence-corrected chi connectivity index (χ3v) is 3.36. The topological polar surface area (TPSA) is 43.8 Å². The lowest BCUT2D eigenvalue weighted by Gasteiger charge is -2.20. The highest BCUT2D eigenvalue weighted by molar-refractivity contribution is 5.76. The highest BCUT2D eigenvalue weighted by Crippen LogP contribution is 2.12. The monoisotopic (exact) mass is 242 g/mol. The molecule has 0 spiro atoms. The van der Waals surface area contributed by atoms with Gasteiger partial charge >= 0.3 is 6.03 Å². The van der Waals surface area contributed by atoms with Crippen molar-refractivity contribution in [2.45, 2.75) is 52.1 Å². The van der Waals surface area contributed by atoms with Crippen LogP contribution in [0.25, 0.3) is 0 Å². The third kappa shape index (κ3) is 4.54. The zero-order chi connectivity index (χ0) is 12.7. The molecule has 1 aliphatic rings. The van der Waals surface area contributed by atoms with E-state index >= 15 is 0 Å². The molecule has 2 amide bonds. The SMILES string of the molecule is CCCCCCN1CCN(CC(O)CC)C1=O. The number of β-amino-alcohol motifs (C(OH)–C–C–N with tert-alkyl or cyclic N) is 1. The molecule has 1 atom stereocenters. The normalized spacial score (nSPS) is 17.9. The molecule has 0 aliphatic carbocycles. The molecule has 1 fully saturated rings. The molecule has 0 radical (unpaired) electrons. The molecule has 1 aliphatic heterocycles. The van der Waals surface area contributed by atoms with E-state index in [-0.39, 0.29) is 12.1 Å². The Kier molecular flexibility index (Phi) is 6.34. The molecule has 1 N–H and O–H groups in total. The largest absolute Gasteiger partial charge is 0.391 e. The van der Waals surface area contributed by atoms with Crippen LogP contribution in [0.2, 0.25) is 0 Å². The van der Waals surface area contributed by atoms with Gasteiger partial charge in [0.05, 0.1) is 6.10 Å². The van der Waals surface area contributed by atoms with Gasteiger partial charge in [-0.3, -0.25) is 0 Å². The summed E-state index contributed by atoms with van der Waals surface area (Å²) in [7, 11) is 0. The Bertz CT molecular complexity index is 233. The lowest BCUT2D eigenvalue weighted by atomic mass is 10.2. The summed E-state index contributed by atoms with van der Waals surface area (Å²) in [5.74, 6) is 0. The second-order valence-electron chi connectivity index (χ2n) is 4.84. The van der Waals surface area contributed by atoms with Gasteiger partial charge in [-0.1, -0.05) is 33.1 Å². The first-order valence-corrected chi connectivity index (χ1v) is 6.91. The number of unbranched alkanes of at least 4 members (excludes halogenated alkanes) is 3. The molecule has 17 heavy (non-hydrogen) atoms. The van der Waals surface area contributed by atoms with Gasteiger partial charge in [0.25, 0.3) is 0 Å². The summed E-state index contributed by atoms with van der Waals surface area (Å²) in [6, 6.07) is 0.106. The van der Waals surface area contributed by atoms with Crippen LogP contribution in [0.3, 0.4) is 0 Å². The number of carbonyl (C=O) groups excluding carboxylic acids is 1. The van der Waals surface area contributed by atoms with E-state index in [1.54, 1.807) is 4.90 Å². The Labute approximate surface area is 105 Å². The maximum atomic E-state index is 12.0. The molecule has 0 saturated carbocycles. The average molecular weight is 242 g/mol. The molecule has 4 nitrogen and oxygen atoms in total. The second kappa shape index (κ2) is 7.54. The first kappa shape index (κ1) is 14.3. The van der Waals surface area contributed by atoms with Gasteiger partial charge in [0, 0.05) is 26.2 Å². The van der Waals surface area contributed by atoms with Gasteiger partial charge in [-0.2, -0.15) is 0 Å². The quantitative estimate of drug-likeness (QED) is 0.662. The number of amides is 2.